The number of nitrogens with zero attached hydrogens (tertiary/aromatic N) is 1. The van der Waals surface area contributed by atoms with Gasteiger partial charge in [-0.3, -0.25) is 5.43 Å². The SMILES string of the molecule is C/C(=N\NC(=S)NCc1ccco1)c1ccccc1. The second-order valence-corrected chi connectivity index (χ2v) is 4.35. The van der Waals surface area contributed by atoms with Gasteiger partial charge in [0.1, 0.15) is 5.76 Å². The molecule has 1 aromatic carbocycles. The number of nitrogens with one attached hydrogen (secondary N) is 2. The second-order valence-electron chi connectivity index (χ2n) is 3.94. The molecular weight excluding hydrogens is 258 g/mol. The molecule has 0 aliphatic rings. The maximum absolute atomic E-state index is 5.19. The zero-order valence-electron chi connectivity index (χ0n) is 10.6. The van der Waals surface area contributed by atoms with Gasteiger partial charge in [-0.2, -0.15) is 5.10 Å². The van der Waals surface area contributed by atoms with Gasteiger partial charge in [0.25, 0.3) is 0 Å². The molecule has 0 fully saturated rings. The van der Waals surface area contributed by atoms with Gasteiger partial charge in [-0.15, -0.1) is 0 Å². The Morgan fingerprint density at radius 1 is 1.21 bits per heavy atom. The van der Waals surface area contributed by atoms with E-state index >= 15 is 0 Å². The molecule has 0 spiro atoms. The molecule has 0 atom stereocenters. The number of hydrogen-bond acceptors (Lipinski definition) is 3. The molecule has 1 heterocycles. The second kappa shape index (κ2) is 6.70. The van der Waals surface area contributed by atoms with Crippen LogP contribution in [0.15, 0.2) is 58.2 Å². The molecule has 5 heteroatoms. The molecule has 0 saturated heterocycles. The lowest BCUT2D eigenvalue weighted by molar-refractivity contribution is 0.502. The van der Waals surface area contributed by atoms with Crippen molar-refractivity contribution in [2.75, 3.05) is 0 Å². The Hall–Kier alpha value is -2.14. The van der Waals surface area contributed by atoms with E-state index in [1.165, 1.54) is 0 Å². The Balaban J connectivity index is 1.82. The molecule has 2 rings (SSSR count). The maximum Gasteiger partial charge on any atom is 0.187 e. The first kappa shape index (κ1) is 13.3. The standard InChI is InChI=1S/C14H15N3OS/c1-11(12-6-3-2-4-7-12)16-17-14(19)15-10-13-8-5-9-18-13/h2-9H,10H2,1H3,(H2,15,17,19)/b16-11+. The van der Waals surface area contributed by atoms with Crippen molar-refractivity contribution >= 4 is 23.0 Å². The summed E-state index contributed by atoms with van der Waals surface area (Å²) in [5.74, 6) is 0.827. The first-order valence-corrected chi connectivity index (χ1v) is 6.32. The highest BCUT2D eigenvalue weighted by Crippen LogP contribution is 2.00. The van der Waals surface area contributed by atoms with Gasteiger partial charge in [-0.1, -0.05) is 30.3 Å². The number of thiocarbonyl (C=S) groups is 1. The average Bonchev–Trinajstić information content (AvgIpc) is 2.96. The van der Waals surface area contributed by atoms with Crippen LogP contribution in [0.1, 0.15) is 18.2 Å². The van der Waals surface area contributed by atoms with Crippen LogP contribution in [0.3, 0.4) is 0 Å². The van der Waals surface area contributed by atoms with Gasteiger partial charge < -0.3 is 9.73 Å². The number of hydrogen-bond donors (Lipinski definition) is 2. The summed E-state index contributed by atoms with van der Waals surface area (Å²) in [5, 5.41) is 7.70. The minimum atomic E-state index is 0.465. The van der Waals surface area contributed by atoms with Crippen LogP contribution in [0.25, 0.3) is 0 Å². The van der Waals surface area contributed by atoms with Crippen LogP contribution in [-0.2, 0) is 6.54 Å². The Morgan fingerprint density at radius 3 is 2.68 bits per heavy atom. The van der Waals surface area contributed by atoms with Crippen molar-refractivity contribution in [2.45, 2.75) is 13.5 Å². The molecule has 0 saturated carbocycles. The van der Waals surface area contributed by atoms with Gasteiger partial charge in [0.05, 0.1) is 18.5 Å². The van der Waals surface area contributed by atoms with E-state index in [4.69, 9.17) is 16.6 Å². The molecule has 0 amide bonds. The third-order valence-corrected chi connectivity index (χ3v) is 2.76. The van der Waals surface area contributed by atoms with Gasteiger partial charge in [-0.05, 0) is 36.8 Å². The Bertz CT molecular complexity index is 549. The quantitative estimate of drug-likeness (QED) is 0.511. The van der Waals surface area contributed by atoms with Crippen LogP contribution in [0.2, 0.25) is 0 Å². The summed E-state index contributed by atoms with van der Waals surface area (Å²) in [6.45, 7) is 2.47. The number of furan rings is 1. The average molecular weight is 273 g/mol. The Labute approximate surface area is 117 Å². The van der Waals surface area contributed by atoms with E-state index in [-0.39, 0.29) is 0 Å². The molecule has 0 unspecified atom stereocenters. The van der Waals surface area contributed by atoms with Crippen molar-refractivity contribution in [1.29, 1.82) is 0 Å². The van der Waals surface area contributed by atoms with Crippen LogP contribution in [-0.4, -0.2) is 10.8 Å². The third-order valence-electron chi connectivity index (χ3n) is 2.52. The number of benzene rings is 1. The maximum atomic E-state index is 5.19. The summed E-state index contributed by atoms with van der Waals surface area (Å²) in [4.78, 5) is 0. The predicted molar refractivity (Wildman–Crippen MR) is 79.9 cm³/mol. The highest BCUT2D eigenvalue weighted by molar-refractivity contribution is 7.80. The summed E-state index contributed by atoms with van der Waals surface area (Å²) in [6, 6.07) is 13.6. The van der Waals surface area contributed by atoms with E-state index in [1.807, 2.05) is 49.4 Å². The minimum absolute atomic E-state index is 0.465. The predicted octanol–water partition coefficient (Wildman–Crippen LogP) is 2.67. The van der Waals surface area contributed by atoms with Gasteiger partial charge in [0.2, 0.25) is 0 Å². The molecule has 2 N–H and O–H groups in total. The smallest absolute Gasteiger partial charge is 0.187 e. The molecule has 0 bridgehead atoms. The normalized spacial score (nSPS) is 11.1. The largest absolute Gasteiger partial charge is 0.467 e. The topological polar surface area (TPSA) is 49.6 Å². The first-order valence-electron chi connectivity index (χ1n) is 5.91. The lowest BCUT2D eigenvalue weighted by Gasteiger charge is -2.06. The fourth-order valence-electron chi connectivity index (χ4n) is 1.50. The van der Waals surface area contributed by atoms with Gasteiger partial charge in [-0.25, -0.2) is 0 Å². The van der Waals surface area contributed by atoms with Gasteiger partial charge >= 0.3 is 0 Å². The Morgan fingerprint density at radius 2 is 2.00 bits per heavy atom. The third kappa shape index (κ3) is 4.22. The summed E-state index contributed by atoms with van der Waals surface area (Å²) >= 11 is 5.12. The molecule has 2 aromatic rings. The number of hydrazone groups is 1. The summed E-state index contributed by atoms with van der Waals surface area (Å²) in [6.07, 6.45) is 1.63. The van der Waals surface area contributed by atoms with E-state index in [0.29, 0.717) is 11.7 Å². The van der Waals surface area contributed by atoms with Gasteiger partial charge in [0, 0.05) is 0 Å². The van der Waals surface area contributed by atoms with Crippen molar-refractivity contribution in [3.05, 3.63) is 60.1 Å². The summed E-state index contributed by atoms with van der Waals surface area (Å²) < 4.78 is 5.19. The van der Waals surface area contributed by atoms with Crippen LogP contribution in [0, 0.1) is 0 Å². The van der Waals surface area contributed by atoms with E-state index in [0.717, 1.165) is 17.0 Å². The lowest BCUT2D eigenvalue weighted by Crippen LogP contribution is -2.32. The Kier molecular flexibility index (Phi) is 4.69. The van der Waals surface area contributed by atoms with Crippen LogP contribution in [0.4, 0.5) is 0 Å². The molecule has 19 heavy (non-hydrogen) atoms. The number of rotatable bonds is 4. The highest BCUT2D eigenvalue weighted by atomic mass is 32.1. The molecule has 4 nitrogen and oxygen atoms in total. The van der Waals surface area contributed by atoms with Crippen molar-refractivity contribution in [1.82, 2.24) is 10.7 Å². The molecule has 0 radical (unpaired) electrons. The van der Waals surface area contributed by atoms with Crippen LogP contribution < -0.4 is 10.7 Å². The van der Waals surface area contributed by atoms with E-state index < -0.39 is 0 Å². The van der Waals surface area contributed by atoms with E-state index in [9.17, 15) is 0 Å². The van der Waals surface area contributed by atoms with Crippen LogP contribution in [0.5, 0.6) is 0 Å². The van der Waals surface area contributed by atoms with Crippen molar-refractivity contribution in [3.63, 3.8) is 0 Å². The summed E-state index contributed by atoms with van der Waals surface area (Å²) in [5.41, 5.74) is 4.75. The van der Waals surface area contributed by atoms with E-state index in [1.54, 1.807) is 6.26 Å². The zero-order valence-corrected chi connectivity index (χ0v) is 11.4. The highest BCUT2D eigenvalue weighted by Gasteiger charge is 1.99. The first-order chi connectivity index (χ1) is 9.25. The fourth-order valence-corrected chi connectivity index (χ4v) is 1.62. The van der Waals surface area contributed by atoms with Crippen molar-refractivity contribution < 1.29 is 4.42 Å². The molecule has 0 aliphatic heterocycles. The molecule has 1 aromatic heterocycles. The molecular formula is C14H15N3OS. The lowest BCUT2D eigenvalue weighted by atomic mass is 10.1. The molecule has 0 aliphatic carbocycles. The minimum Gasteiger partial charge on any atom is -0.467 e. The molecule has 98 valence electrons. The van der Waals surface area contributed by atoms with Gasteiger partial charge in [0.15, 0.2) is 5.11 Å². The van der Waals surface area contributed by atoms with Crippen molar-refractivity contribution in [3.8, 4) is 0 Å². The van der Waals surface area contributed by atoms with E-state index in [2.05, 4.69) is 15.8 Å². The fraction of sp³-hybridized carbons (Fsp3) is 0.143. The van der Waals surface area contributed by atoms with Crippen molar-refractivity contribution in [2.24, 2.45) is 5.10 Å². The monoisotopic (exact) mass is 273 g/mol. The zero-order chi connectivity index (χ0) is 13.5. The summed E-state index contributed by atoms with van der Waals surface area (Å²) in [7, 11) is 0. The van der Waals surface area contributed by atoms with Crippen LogP contribution >= 0.6 is 12.2 Å².